The predicted molar refractivity (Wildman–Crippen MR) is 116 cm³/mol. The van der Waals surface area contributed by atoms with Gasteiger partial charge in [-0.3, -0.25) is 0 Å². The molecule has 0 radical (unpaired) electrons. The number of carbonyl (C=O) groups excluding carboxylic acids is 1. The third-order valence-electron chi connectivity index (χ3n) is 5.06. The minimum absolute atomic E-state index is 0.270. The van der Waals surface area contributed by atoms with Crippen molar-refractivity contribution in [1.29, 1.82) is 0 Å². The second-order valence-electron chi connectivity index (χ2n) is 7.31. The van der Waals surface area contributed by atoms with Gasteiger partial charge in [-0.1, -0.05) is 23.8 Å². The van der Waals surface area contributed by atoms with Crippen LogP contribution in [0.3, 0.4) is 0 Å². The van der Waals surface area contributed by atoms with Gasteiger partial charge in [-0.25, -0.2) is 4.79 Å². The summed E-state index contributed by atoms with van der Waals surface area (Å²) in [5, 5.41) is 10.2. The van der Waals surface area contributed by atoms with Crippen molar-refractivity contribution in [3.8, 4) is 11.5 Å². The molecule has 0 spiro atoms. The first-order valence-corrected chi connectivity index (χ1v) is 10.6. The first-order chi connectivity index (χ1) is 14.4. The lowest BCUT2D eigenvalue weighted by Crippen LogP contribution is -2.11. The van der Waals surface area contributed by atoms with Gasteiger partial charge in [-0.05, 0) is 57.3 Å². The number of aryl methyl sites for hydroxylation is 2. The number of carbonyl (C=O) groups is 1. The molecule has 0 saturated heterocycles. The Balaban J connectivity index is 1.48. The van der Waals surface area contributed by atoms with Crippen LogP contribution in [-0.2, 0) is 11.3 Å². The van der Waals surface area contributed by atoms with Crippen LogP contribution in [0.5, 0.6) is 0 Å². The van der Waals surface area contributed by atoms with E-state index in [0.29, 0.717) is 11.5 Å². The Hall–Kier alpha value is -3.19. The lowest BCUT2D eigenvalue weighted by molar-refractivity contribution is 0.0279. The number of aromatic nitrogens is 3. The van der Waals surface area contributed by atoms with E-state index >= 15 is 0 Å². The predicted octanol–water partition coefficient (Wildman–Crippen LogP) is 5.49. The molecule has 0 aliphatic heterocycles. The Bertz CT molecular complexity index is 1160. The summed E-state index contributed by atoms with van der Waals surface area (Å²) in [5.41, 5.74) is 4.42. The van der Waals surface area contributed by atoms with Crippen molar-refractivity contribution in [3.05, 3.63) is 81.1 Å². The molecule has 0 unspecified atom stereocenters. The molecule has 30 heavy (non-hydrogen) atoms. The molecule has 0 saturated carbocycles. The first-order valence-electron chi connectivity index (χ1n) is 9.73. The standard InChI is InChI=1S/C23H23N3O3S/c1-14-7-9-18(10-8-14)22-25-24-21(29-22)17(4)28-23(27)20-12-15(2)26(16(20)3)13-19-6-5-11-30-19/h5-12,17H,13H2,1-4H3/t17-/m0/s1. The first kappa shape index (κ1) is 20.1. The summed E-state index contributed by atoms with van der Waals surface area (Å²) in [7, 11) is 0. The third kappa shape index (κ3) is 4.07. The summed E-state index contributed by atoms with van der Waals surface area (Å²) < 4.78 is 13.5. The van der Waals surface area contributed by atoms with Crippen molar-refractivity contribution in [2.45, 2.75) is 40.3 Å². The lowest BCUT2D eigenvalue weighted by atomic mass is 10.1. The van der Waals surface area contributed by atoms with Gasteiger partial charge >= 0.3 is 5.97 Å². The fraction of sp³-hybridized carbons (Fsp3) is 0.261. The number of thiophene rings is 1. The molecule has 1 aromatic carbocycles. The summed E-state index contributed by atoms with van der Waals surface area (Å²) in [6.45, 7) is 8.41. The van der Waals surface area contributed by atoms with E-state index in [1.807, 2.05) is 57.2 Å². The van der Waals surface area contributed by atoms with Gasteiger partial charge in [-0.15, -0.1) is 21.5 Å². The van der Waals surface area contributed by atoms with Gasteiger partial charge in [0, 0.05) is 21.8 Å². The average molecular weight is 422 g/mol. The van der Waals surface area contributed by atoms with Gasteiger partial charge in [0.1, 0.15) is 0 Å². The van der Waals surface area contributed by atoms with Crippen LogP contribution in [0.1, 0.15) is 51.1 Å². The minimum atomic E-state index is -0.649. The highest BCUT2D eigenvalue weighted by Crippen LogP contribution is 2.25. The van der Waals surface area contributed by atoms with Crippen LogP contribution in [0.15, 0.2) is 52.3 Å². The smallest absolute Gasteiger partial charge is 0.340 e. The molecule has 154 valence electrons. The molecule has 0 N–H and O–H groups in total. The maximum absolute atomic E-state index is 12.8. The Kier molecular flexibility index (Phi) is 5.55. The van der Waals surface area contributed by atoms with Gasteiger partial charge < -0.3 is 13.7 Å². The van der Waals surface area contributed by atoms with E-state index in [1.165, 1.54) is 4.88 Å². The molecule has 3 aromatic heterocycles. The fourth-order valence-corrected chi connectivity index (χ4v) is 3.99. The number of benzene rings is 1. The van der Waals surface area contributed by atoms with Gasteiger partial charge in [0.25, 0.3) is 5.89 Å². The van der Waals surface area contributed by atoms with E-state index in [9.17, 15) is 4.79 Å². The fourth-order valence-electron chi connectivity index (χ4n) is 3.30. The Morgan fingerprint density at radius 3 is 2.63 bits per heavy atom. The molecule has 4 rings (SSSR count). The van der Waals surface area contributed by atoms with Gasteiger partial charge in [0.05, 0.1) is 12.1 Å². The highest BCUT2D eigenvalue weighted by molar-refractivity contribution is 7.09. The quantitative estimate of drug-likeness (QED) is 0.385. The topological polar surface area (TPSA) is 70.2 Å². The maximum Gasteiger partial charge on any atom is 0.340 e. The largest absolute Gasteiger partial charge is 0.449 e. The van der Waals surface area contributed by atoms with Crippen LogP contribution in [0.25, 0.3) is 11.5 Å². The molecule has 0 bridgehead atoms. The van der Waals surface area contributed by atoms with Crippen LogP contribution in [0.4, 0.5) is 0 Å². The molecule has 0 aliphatic rings. The molecule has 1 atom stereocenters. The molecule has 4 aromatic rings. The van der Waals surface area contributed by atoms with Crippen molar-refractivity contribution in [2.24, 2.45) is 0 Å². The number of nitrogens with zero attached hydrogens (tertiary/aromatic N) is 3. The normalized spacial score (nSPS) is 12.1. The second kappa shape index (κ2) is 8.28. The molecular weight excluding hydrogens is 398 g/mol. The number of hydrogen-bond donors (Lipinski definition) is 0. The van der Waals surface area contributed by atoms with E-state index in [0.717, 1.165) is 29.1 Å². The van der Waals surface area contributed by atoms with Gasteiger partial charge in [0.2, 0.25) is 5.89 Å². The summed E-state index contributed by atoms with van der Waals surface area (Å²) in [6, 6.07) is 13.8. The minimum Gasteiger partial charge on any atom is -0.449 e. The molecular formula is C23H23N3O3S. The number of esters is 1. The zero-order chi connectivity index (χ0) is 21.3. The van der Waals surface area contributed by atoms with Crippen molar-refractivity contribution in [1.82, 2.24) is 14.8 Å². The number of ether oxygens (including phenoxy) is 1. The molecule has 0 amide bonds. The summed E-state index contributed by atoms with van der Waals surface area (Å²) in [4.78, 5) is 14.0. The van der Waals surface area contributed by atoms with Crippen molar-refractivity contribution in [3.63, 3.8) is 0 Å². The third-order valence-corrected chi connectivity index (χ3v) is 5.92. The molecule has 0 fully saturated rings. The molecule has 3 heterocycles. The van der Waals surface area contributed by atoms with Crippen molar-refractivity contribution in [2.75, 3.05) is 0 Å². The Morgan fingerprint density at radius 1 is 1.17 bits per heavy atom. The summed E-state index contributed by atoms with van der Waals surface area (Å²) >= 11 is 1.70. The van der Waals surface area contributed by atoms with Crippen LogP contribution in [0.2, 0.25) is 0 Å². The maximum atomic E-state index is 12.8. The SMILES string of the molecule is Cc1ccc(-c2nnc([C@H](C)OC(=O)c3cc(C)n(Cc4cccs4)c3C)o2)cc1. The number of hydrogen-bond acceptors (Lipinski definition) is 6. The number of rotatable bonds is 6. The highest BCUT2D eigenvalue weighted by Gasteiger charge is 2.23. The monoisotopic (exact) mass is 421 g/mol. The highest BCUT2D eigenvalue weighted by atomic mass is 32.1. The summed E-state index contributed by atoms with van der Waals surface area (Å²) in [5.74, 6) is 0.274. The zero-order valence-corrected chi connectivity index (χ0v) is 18.2. The van der Waals surface area contributed by atoms with Crippen LogP contribution < -0.4 is 0 Å². The molecule has 6 nitrogen and oxygen atoms in total. The lowest BCUT2D eigenvalue weighted by Gasteiger charge is -2.10. The van der Waals surface area contributed by atoms with E-state index in [4.69, 9.17) is 9.15 Å². The van der Waals surface area contributed by atoms with Gasteiger partial charge in [-0.2, -0.15) is 0 Å². The summed E-state index contributed by atoms with van der Waals surface area (Å²) in [6.07, 6.45) is -0.649. The Morgan fingerprint density at radius 2 is 1.93 bits per heavy atom. The van der Waals surface area contributed by atoms with Gasteiger partial charge in [0.15, 0.2) is 6.10 Å². The van der Waals surface area contributed by atoms with Crippen LogP contribution >= 0.6 is 11.3 Å². The molecule has 7 heteroatoms. The van der Waals surface area contributed by atoms with Crippen LogP contribution in [0, 0.1) is 20.8 Å². The van der Waals surface area contributed by atoms with E-state index in [-0.39, 0.29) is 5.89 Å². The van der Waals surface area contributed by atoms with E-state index in [1.54, 1.807) is 18.3 Å². The molecule has 0 aliphatic carbocycles. The van der Waals surface area contributed by atoms with Crippen molar-refractivity contribution >= 4 is 17.3 Å². The zero-order valence-electron chi connectivity index (χ0n) is 17.4. The average Bonchev–Trinajstić information content (AvgIpc) is 3.46. The van der Waals surface area contributed by atoms with Crippen molar-refractivity contribution < 1.29 is 13.9 Å². The second-order valence-corrected chi connectivity index (χ2v) is 8.34. The van der Waals surface area contributed by atoms with Crippen LogP contribution in [-0.4, -0.2) is 20.7 Å². The van der Waals surface area contributed by atoms with E-state index < -0.39 is 12.1 Å². The van der Waals surface area contributed by atoms with E-state index in [2.05, 4.69) is 26.2 Å². The Labute approximate surface area is 179 Å².